The molecule has 4 aromatic rings. The highest BCUT2D eigenvalue weighted by molar-refractivity contribution is 5.93. The van der Waals surface area contributed by atoms with E-state index in [9.17, 15) is 14.4 Å². The standard InChI is InChI=1S/C28H27FN4O3/c29-9-1-2-28(34)33-13-8-20-14-22(3-4-25(20)33)36-26-7-12-32-24-16-27(21(17-30)15-23(24)26)35-18-19-5-10-31-11-6-19/h3-4,7-8,12-16,19,31H,1-2,5-6,9-11,18H2. The van der Waals surface area contributed by atoms with Crippen LogP contribution in [0.15, 0.2) is 54.9 Å². The first-order valence-corrected chi connectivity index (χ1v) is 12.2. The SMILES string of the molecule is N#Cc1cc2c(Oc3ccc4c(ccn4C(=O)CCCF)c3)ccnc2cc1OCC1CCNCC1. The molecule has 2 aromatic heterocycles. The minimum atomic E-state index is -0.512. The summed E-state index contributed by atoms with van der Waals surface area (Å²) < 4.78 is 26.2. The number of aromatic nitrogens is 2. The van der Waals surface area contributed by atoms with Crippen LogP contribution in [0.25, 0.3) is 21.8 Å². The van der Waals surface area contributed by atoms with Crippen molar-refractivity contribution in [2.75, 3.05) is 26.4 Å². The average Bonchev–Trinajstić information content (AvgIpc) is 3.34. The lowest BCUT2D eigenvalue weighted by molar-refractivity contribution is 0.0902. The van der Waals surface area contributed by atoms with Gasteiger partial charge in [0.05, 0.1) is 29.9 Å². The number of rotatable bonds is 8. The third-order valence-electron chi connectivity index (χ3n) is 6.54. The lowest BCUT2D eigenvalue weighted by Crippen LogP contribution is -2.30. The normalized spacial score (nSPS) is 14.1. The van der Waals surface area contributed by atoms with Crippen molar-refractivity contribution in [1.82, 2.24) is 14.9 Å². The third-order valence-corrected chi connectivity index (χ3v) is 6.54. The molecular formula is C28H27FN4O3. The number of nitrogens with zero attached hydrogens (tertiary/aromatic N) is 3. The van der Waals surface area contributed by atoms with Crippen LogP contribution in [0.2, 0.25) is 0 Å². The fourth-order valence-electron chi connectivity index (χ4n) is 4.57. The quantitative estimate of drug-likeness (QED) is 0.348. The van der Waals surface area contributed by atoms with E-state index in [2.05, 4.69) is 16.4 Å². The third kappa shape index (κ3) is 5.02. The Bertz CT molecular complexity index is 1440. The van der Waals surface area contributed by atoms with Crippen molar-refractivity contribution >= 4 is 27.7 Å². The molecule has 1 saturated heterocycles. The number of carbonyl (C=O) groups excluding carboxylic acids is 1. The van der Waals surface area contributed by atoms with Gasteiger partial charge in [0, 0.05) is 35.7 Å². The van der Waals surface area contributed by atoms with Crippen LogP contribution in [0.5, 0.6) is 17.2 Å². The Morgan fingerprint density at radius 2 is 2.03 bits per heavy atom. The van der Waals surface area contributed by atoms with Crippen LogP contribution in [0.1, 0.15) is 36.0 Å². The number of carbonyl (C=O) groups is 1. The second kappa shape index (κ2) is 10.8. The highest BCUT2D eigenvalue weighted by atomic mass is 19.1. The van der Waals surface area contributed by atoms with E-state index in [1.165, 1.54) is 0 Å². The second-order valence-electron chi connectivity index (χ2n) is 8.99. The number of piperidine rings is 1. The van der Waals surface area contributed by atoms with Gasteiger partial charge in [-0.3, -0.25) is 18.7 Å². The number of ether oxygens (including phenoxy) is 2. The van der Waals surface area contributed by atoms with Crippen LogP contribution < -0.4 is 14.8 Å². The van der Waals surface area contributed by atoms with Crippen molar-refractivity contribution < 1.29 is 18.7 Å². The lowest BCUT2D eigenvalue weighted by Gasteiger charge is -2.23. The molecule has 184 valence electrons. The number of benzene rings is 2. The molecule has 0 atom stereocenters. The van der Waals surface area contributed by atoms with Crippen LogP contribution in [-0.2, 0) is 0 Å². The van der Waals surface area contributed by atoms with Gasteiger partial charge in [-0.25, -0.2) is 0 Å². The minimum Gasteiger partial charge on any atom is -0.492 e. The number of pyridine rings is 1. The molecule has 1 N–H and O–H groups in total. The van der Waals surface area contributed by atoms with Crippen molar-refractivity contribution in [2.45, 2.75) is 25.7 Å². The molecule has 2 aromatic carbocycles. The number of nitrogens with one attached hydrogen (secondary N) is 1. The van der Waals surface area contributed by atoms with E-state index in [1.54, 1.807) is 41.2 Å². The van der Waals surface area contributed by atoms with E-state index in [-0.39, 0.29) is 18.7 Å². The lowest BCUT2D eigenvalue weighted by atomic mass is 9.99. The summed E-state index contributed by atoms with van der Waals surface area (Å²) in [5, 5.41) is 14.7. The fourth-order valence-corrected chi connectivity index (χ4v) is 4.57. The Balaban J connectivity index is 1.39. The van der Waals surface area contributed by atoms with E-state index in [0.717, 1.165) is 36.8 Å². The van der Waals surface area contributed by atoms with Crippen molar-refractivity contribution in [3.05, 3.63) is 60.4 Å². The van der Waals surface area contributed by atoms with Gasteiger partial charge in [-0.05, 0) is 74.7 Å². The fraction of sp³-hybridized carbons (Fsp3) is 0.321. The Kier molecular flexibility index (Phi) is 7.10. The molecule has 3 heterocycles. The highest BCUT2D eigenvalue weighted by Crippen LogP contribution is 2.34. The molecule has 0 spiro atoms. The highest BCUT2D eigenvalue weighted by Gasteiger charge is 2.17. The molecular weight excluding hydrogens is 459 g/mol. The molecule has 0 radical (unpaired) electrons. The number of hydrogen-bond acceptors (Lipinski definition) is 6. The summed E-state index contributed by atoms with van der Waals surface area (Å²) in [5.74, 6) is 2.03. The maximum absolute atomic E-state index is 12.5. The van der Waals surface area contributed by atoms with Gasteiger partial charge in [0.25, 0.3) is 0 Å². The number of hydrogen-bond donors (Lipinski definition) is 1. The van der Waals surface area contributed by atoms with E-state index in [4.69, 9.17) is 9.47 Å². The van der Waals surface area contributed by atoms with E-state index in [0.29, 0.717) is 46.2 Å². The van der Waals surface area contributed by atoms with Crippen LogP contribution in [0.4, 0.5) is 4.39 Å². The molecule has 0 amide bonds. The number of fused-ring (bicyclic) bond motifs is 2. The van der Waals surface area contributed by atoms with Crippen molar-refractivity contribution in [3.8, 4) is 23.3 Å². The van der Waals surface area contributed by atoms with Crippen LogP contribution in [-0.4, -0.2) is 41.8 Å². The summed E-state index contributed by atoms with van der Waals surface area (Å²) >= 11 is 0. The Morgan fingerprint density at radius 3 is 2.83 bits per heavy atom. The molecule has 0 unspecified atom stereocenters. The zero-order chi connectivity index (χ0) is 24.9. The number of halogens is 1. The first-order chi connectivity index (χ1) is 17.7. The smallest absolute Gasteiger partial charge is 0.231 e. The molecule has 1 aliphatic rings. The molecule has 1 aliphatic heterocycles. The Labute approximate surface area is 208 Å². The Morgan fingerprint density at radius 1 is 1.17 bits per heavy atom. The summed E-state index contributed by atoms with van der Waals surface area (Å²) in [4.78, 5) is 16.8. The summed E-state index contributed by atoms with van der Waals surface area (Å²) in [6.45, 7) is 2.05. The molecule has 0 saturated carbocycles. The molecule has 36 heavy (non-hydrogen) atoms. The molecule has 8 heteroatoms. The summed E-state index contributed by atoms with van der Waals surface area (Å²) in [5.41, 5.74) is 1.86. The first kappa shape index (κ1) is 23.8. The predicted octanol–water partition coefficient (Wildman–Crippen LogP) is 5.62. The molecule has 5 rings (SSSR count). The second-order valence-corrected chi connectivity index (χ2v) is 8.99. The van der Waals surface area contributed by atoms with E-state index in [1.807, 2.05) is 18.2 Å². The maximum Gasteiger partial charge on any atom is 0.231 e. The minimum absolute atomic E-state index is 0.140. The average molecular weight is 487 g/mol. The van der Waals surface area contributed by atoms with Crippen LogP contribution >= 0.6 is 0 Å². The van der Waals surface area contributed by atoms with E-state index >= 15 is 0 Å². The van der Waals surface area contributed by atoms with Crippen molar-refractivity contribution in [1.29, 1.82) is 5.26 Å². The topological polar surface area (TPSA) is 89.2 Å². The Hall–Kier alpha value is -3.96. The van der Waals surface area contributed by atoms with E-state index < -0.39 is 6.67 Å². The summed E-state index contributed by atoms with van der Waals surface area (Å²) in [6.07, 6.45) is 5.85. The van der Waals surface area contributed by atoms with Gasteiger partial charge in [0.15, 0.2) is 0 Å². The molecule has 0 aliphatic carbocycles. The predicted molar refractivity (Wildman–Crippen MR) is 135 cm³/mol. The van der Waals surface area contributed by atoms with Crippen molar-refractivity contribution in [2.24, 2.45) is 5.92 Å². The number of nitriles is 1. The van der Waals surface area contributed by atoms with Gasteiger partial charge in [0.1, 0.15) is 23.3 Å². The monoisotopic (exact) mass is 486 g/mol. The van der Waals surface area contributed by atoms with Gasteiger partial charge in [-0.1, -0.05) is 0 Å². The molecule has 1 fully saturated rings. The molecule has 7 nitrogen and oxygen atoms in total. The van der Waals surface area contributed by atoms with Crippen molar-refractivity contribution in [3.63, 3.8) is 0 Å². The van der Waals surface area contributed by atoms with Gasteiger partial charge >= 0.3 is 0 Å². The summed E-state index contributed by atoms with van der Waals surface area (Å²) in [6, 6.07) is 14.8. The summed E-state index contributed by atoms with van der Waals surface area (Å²) in [7, 11) is 0. The van der Waals surface area contributed by atoms with Gasteiger partial charge in [0.2, 0.25) is 5.91 Å². The van der Waals surface area contributed by atoms with Crippen LogP contribution in [0, 0.1) is 17.2 Å². The van der Waals surface area contributed by atoms with Gasteiger partial charge in [-0.15, -0.1) is 0 Å². The van der Waals surface area contributed by atoms with Gasteiger partial charge in [-0.2, -0.15) is 5.26 Å². The first-order valence-electron chi connectivity index (χ1n) is 12.2. The van der Waals surface area contributed by atoms with Gasteiger partial charge < -0.3 is 14.8 Å². The zero-order valence-corrected chi connectivity index (χ0v) is 19.9. The van der Waals surface area contributed by atoms with Crippen LogP contribution in [0.3, 0.4) is 0 Å². The largest absolute Gasteiger partial charge is 0.492 e. The number of alkyl halides is 1. The molecule has 0 bridgehead atoms. The maximum atomic E-state index is 12.5. The zero-order valence-electron chi connectivity index (χ0n) is 19.9.